The van der Waals surface area contributed by atoms with Crippen LogP contribution in [0.2, 0.25) is 0 Å². The van der Waals surface area contributed by atoms with E-state index in [0.29, 0.717) is 6.54 Å². The minimum absolute atomic E-state index is 0.498. The fourth-order valence-electron chi connectivity index (χ4n) is 2.76. The molecule has 0 aliphatic rings. The molecule has 0 unspecified atom stereocenters. The number of hydrogen-bond acceptors (Lipinski definition) is 3. The summed E-state index contributed by atoms with van der Waals surface area (Å²) in [6.45, 7) is 6.29. The number of nitrogens with one attached hydrogen (secondary N) is 3. The van der Waals surface area contributed by atoms with E-state index >= 15 is 0 Å². The summed E-state index contributed by atoms with van der Waals surface area (Å²) in [7, 11) is 1.92. The number of nitrogens with zero attached hydrogens (tertiary/aromatic N) is 4. The van der Waals surface area contributed by atoms with Crippen molar-refractivity contribution in [3.05, 3.63) is 47.7 Å². The zero-order chi connectivity index (χ0) is 17.6. The highest BCUT2D eigenvalue weighted by molar-refractivity contribution is 5.84. The van der Waals surface area contributed by atoms with Crippen molar-refractivity contribution in [1.29, 1.82) is 0 Å². The monoisotopic (exact) mass is 339 g/mol. The average Bonchev–Trinajstić information content (AvgIpc) is 3.18. The lowest BCUT2D eigenvalue weighted by atomic mass is 10.1. The Kier molecular flexibility index (Phi) is 5.33. The average molecular weight is 339 g/mol. The van der Waals surface area contributed by atoms with Gasteiger partial charge in [0.25, 0.3) is 0 Å². The van der Waals surface area contributed by atoms with Gasteiger partial charge >= 0.3 is 0 Å². The Hall–Kier alpha value is -2.83. The van der Waals surface area contributed by atoms with Gasteiger partial charge in [0.1, 0.15) is 12.9 Å². The summed E-state index contributed by atoms with van der Waals surface area (Å²) < 4.78 is 1.88. The molecule has 3 N–H and O–H groups in total. The second-order valence-electron chi connectivity index (χ2n) is 6.09. The van der Waals surface area contributed by atoms with Crippen LogP contribution in [0.5, 0.6) is 0 Å². The quantitative estimate of drug-likeness (QED) is 0.473. The summed E-state index contributed by atoms with van der Waals surface area (Å²) in [5.74, 6) is 1.63. The fraction of sp³-hybridized carbons (Fsp3) is 0.389. The minimum atomic E-state index is 0.498. The van der Waals surface area contributed by atoms with Gasteiger partial charge in [-0.3, -0.25) is 0 Å². The molecule has 0 bridgehead atoms. The van der Waals surface area contributed by atoms with Crippen molar-refractivity contribution in [2.45, 2.75) is 26.8 Å². The normalized spacial score (nSPS) is 11.9. The van der Waals surface area contributed by atoms with Gasteiger partial charge in [0.2, 0.25) is 0 Å². The summed E-state index contributed by atoms with van der Waals surface area (Å²) in [5.41, 5.74) is 3.77. The summed E-state index contributed by atoms with van der Waals surface area (Å²) in [6.07, 6.45) is 4.71. The van der Waals surface area contributed by atoms with Crippen molar-refractivity contribution in [3.8, 4) is 0 Å². The Balaban J connectivity index is 1.60. The molecule has 0 aliphatic heterocycles. The van der Waals surface area contributed by atoms with E-state index in [1.54, 1.807) is 6.33 Å². The smallest absolute Gasteiger partial charge is 0.191 e. The van der Waals surface area contributed by atoms with Crippen LogP contribution in [0.4, 0.5) is 0 Å². The number of guanidine groups is 1. The van der Waals surface area contributed by atoms with Gasteiger partial charge in [0.15, 0.2) is 11.8 Å². The highest BCUT2D eigenvalue weighted by Gasteiger charge is 2.05. The molecular formula is C18H25N7. The van der Waals surface area contributed by atoms with Crippen LogP contribution in [0, 0.1) is 6.92 Å². The van der Waals surface area contributed by atoms with Crippen LogP contribution >= 0.6 is 0 Å². The van der Waals surface area contributed by atoms with Gasteiger partial charge in [-0.25, -0.2) is 4.99 Å². The van der Waals surface area contributed by atoms with E-state index in [1.165, 1.54) is 22.0 Å². The second-order valence-corrected chi connectivity index (χ2v) is 6.09. The van der Waals surface area contributed by atoms with Crippen LogP contribution in [0.25, 0.3) is 10.9 Å². The summed E-state index contributed by atoms with van der Waals surface area (Å²) >= 11 is 0. The maximum Gasteiger partial charge on any atom is 0.191 e. The third-order valence-electron chi connectivity index (χ3n) is 4.14. The maximum atomic E-state index is 4.57. The molecule has 0 aliphatic carbocycles. The fourth-order valence-corrected chi connectivity index (χ4v) is 2.76. The molecule has 7 heteroatoms. The molecule has 0 spiro atoms. The van der Waals surface area contributed by atoms with E-state index < -0.39 is 0 Å². The molecule has 2 heterocycles. The Morgan fingerprint density at radius 1 is 1.32 bits per heavy atom. The van der Waals surface area contributed by atoms with Crippen molar-refractivity contribution >= 4 is 16.9 Å². The number of H-pyrrole nitrogens is 1. The SMILES string of the molecule is CCNC(=NCc1nncn1C)NCCc1c[nH]c2cc(C)ccc12. The summed E-state index contributed by atoms with van der Waals surface area (Å²) in [5, 5.41) is 15.9. The van der Waals surface area contributed by atoms with E-state index in [1.807, 2.05) is 11.6 Å². The number of aliphatic imine (C=N–C) groups is 1. The van der Waals surface area contributed by atoms with Crippen molar-refractivity contribution < 1.29 is 0 Å². The third-order valence-corrected chi connectivity index (χ3v) is 4.14. The van der Waals surface area contributed by atoms with Crippen LogP contribution < -0.4 is 10.6 Å². The number of fused-ring (bicyclic) bond motifs is 1. The molecule has 0 atom stereocenters. The molecule has 0 amide bonds. The number of aryl methyl sites for hydroxylation is 2. The molecule has 1 aromatic carbocycles. The predicted octanol–water partition coefficient (Wildman–Crippen LogP) is 1.90. The third kappa shape index (κ3) is 4.17. The Labute approximate surface area is 147 Å². The molecule has 2 aromatic heterocycles. The number of benzene rings is 1. The van der Waals surface area contributed by atoms with E-state index in [0.717, 1.165) is 31.3 Å². The lowest BCUT2D eigenvalue weighted by Crippen LogP contribution is -2.38. The van der Waals surface area contributed by atoms with Crippen molar-refractivity contribution in [1.82, 2.24) is 30.4 Å². The Morgan fingerprint density at radius 2 is 2.20 bits per heavy atom. The second kappa shape index (κ2) is 7.83. The van der Waals surface area contributed by atoms with Crippen molar-refractivity contribution in [3.63, 3.8) is 0 Å². The molecule has 0 fully saturated rings. The largest absolute Gasteiger partial charge is 0.361 e. The molecule has 132 valence electrons. The predicted molar refractivity (Wildman–Crippen MR) is 101 cm³/mol. The standard InChI is InChI=1S/C18H25N7/c1-4-19-18(22-11-17-24-23-12-25(17)3)20-8-7-14-10-21-16-9-13(2)5-6-15(14)16/h5-6,9-10,12,21H,4,7-8,11H2,1-3H3,(H2,19,20,22). The van der Waals surface area contributed by atoms with E-state index in [-0.39, 0.29) is 0 Å². The lowest BCUT2D eigenvalue weighted by Gasteiger charge is -2.11. The Bertz CT molecular complexity index is 859. The van der Waals surface area contributed by atoms with E-state index in [4.69, 9.17) is 0 Å². The van der Waals surface area contributed by atoms with Crippen molar-refractivity contribution in [2.75, 3.05) is 13.1 Å². The molecule has 7 nitrogen and oxygen atoms in total. The molecule has 0 saturated carbocycles. The van der Waals surface area contributed by atoms with Gasteiger partial charge in [-0.05, 0) is 37.5 Å². The van der Waals surface area contributed by atoms with Crippen LogP contribution in [0.15, 0.2) is 35.7 Å². The maximum absolute atomic E-state index is 4.57. The van der Waals surface area contributed by atoms with Gasteiger partial charge in [-0.2, -0.15) is 0 Å². The van der Waals surface area contributed by atoms with Gasteiger partial charge in [0, 0.05) is 37.2 Å². The van der Waals surface area contributed by atoms with Gasteiger partial charge in [0.05, 0.1) is 0 Å². The highest BCUT2D eigenvalue weighted by Crippen LogP contribution is 2.19. The zero-order valence-electron chi connectivity index (χ0n) is 15.0. The van der Waals surface area contributed by atoms with Crippen molar-refractivity contribution in [2.24, 2.45) is 12.0 Å². The number of hydrogen-bond donors (Lipinski definition) is 3. The number of aromatic amines is 1. The first-order valence-electron chi connectivity index (χ1n) is 8.59. The molecule has 0 saturated heterocycles. The first kappa shape index (κ1) is 17.0. The van der Waals surface area contributed by atoms with Crippen LogP contribution in [0.1, 0.15) is 23.9 Å². The van der Waals surface area contributed by atoms with Gasteiger partial charge in [-0.1, -0.05) is 12.1 Å². The number of rotatable bonds is 6. The molecule has 3 aromatic rings. The topological polar surface area (TPSA) is 82.9 Å². The van der Waals surface area contributed by atoms with Gasteiger partial charge < -0.3 is 20.2 Å². The van der Waals surface area contributed by atoms with E-state index in [2.05, 4.69) is 69.1 Å². The Morgan fingerprint density at radius 3 is 2.96 bits per heavy atom. The lowest BCUT2D eigenvalue weighted by molar-refractivity contribution is 0.764. The summed E-state index contributed by atoms with van der Waals surface area (Å²) in [4.78, 5) is 7.92. The molecular weight excluding hydrogens is 314 g/mol. The first-order chi connectivity index (χ1) is 12.2. The van der Waals surface area contributed by atoms with Crippen LogP contribution in [-0.2, 0) is 20.0 Å². The molecule has 3 rings (SSSR count). The molecule has 0 radical (unpaired) electrons. The van der Waals surface area contributed by atoms with Gasteiger partial charge in [-0.15, -0.1) is 10.2 Å². The zero-order valence-corrected chi connectivity index (χ0v) is 15.0. The summed E-state index contributed by atoms with van der Waals surface area (Å²) in [6, 6.07) is 6.52. The highest BCUT2D eigenvalue weighted by atomic mass is 15.3. The van der Waals surface area contributed by atoms with E-state index in [9.17, 15) is 0 Å². The van der Waals surface area contributed by atoms with Crippen LogP contribution in [0.3, 0.4) is 0 Å². The first-order valence-corrected chi connectivity index (χ1v) is 8.59. The minimum Gasteiger partial charge on any atom is -0.361 e. The van der Waals surface area contributed by atoms with Crippen LogP contribution in [-0.4, -0.2) is 38.8 Å². The molecule has 25 heavy (non-hydrogen) atoms. The number of aromatic nitrogens is 4.